The largest absolute Gasteiger partial charge is 0.496 e. The Balaban J connectivity index is 2.07. The minimum Gasteiger partial charge on any atom is -0.496 e. The molecule has 126 valence electrons. The zero-order chi connectivity index (χ0) is 17.3. The quantitative estimate of drug-likeness (QED) is 0.745. The second kappa shape index (κ2) is 4.41. The van der Waals surface area contributed by atoms with E-state index in [9.17, 15) is 19.5 Å². The molecule has 1 spiro atoms. The third-order valence-corrected chi connectivity index (χ3v) is 5.02. The molecule has 2 fully saturated rings. The van der Waals surface area contributed by atoms with E-state index in [1.807, 2.05) is 0 Å². The summed E-state index contributed by atoms with van der Waals surface area (Å²) in [6, 6.07) is 4.45. The van der Waals surface area contributed by atoms with Crippen molar-refractivity contribution in [1.82, 2.24) is 0 Å². The summed E-state index contributed by atoms with van der Waals surface area (Å²) in [5, 5.41) is 11.0. The average Bonchev–Trinajstić information content (AvgIpc) is 3.02. The van der Waals surface area contributed by atoms with E-state index in [1.165, 1.54) is 32.4 Å². The Labute approximate surface area is 136 Å². The smallest absolute Gasteiger partial charge is 0.312 e. The molecule has 8 heteroatoms. The molecule has 0 bridgehead atoms. The fourth-order valence-corrected chi connectivity index (χ4v) is 3.90. The average molecular weight is 334 g/mol. The van der Waals surface area contributed by atoms with Gasteiger partial charge in [-0.3, -0.25) is 14.4 Å². The van der Waals surface area contributed by atoms with Gasteiger partial charge >= 0.3 is 5.97 Å². The van der Waals surface area contributed by atoms with Crippen LogP contribution in [0, 0.1) is 0 Å². The molecule has 1 aromatic carbocycles. The van der Waals surface area contributed by atoms with Gasteiger partial charge in [0.15, 0.2) is 0 Å². The summed E-state index contributed by atoms with van der Waals surface area (Å²) in [6.45, 7) is -0.519. The van der Waals surface area contributed by atoms with Gasteiger partial charge in [0.25, 0.3) is 5.60 Å². The summed E-state index contributed by atoms with van der Waals surface area (Å²) in [4.78, 5) is 38.2. The lowest BCUT2D eigenvalue weighted by Gasteiger charge is -2.43. The second-order valence-electron chi connectivity index (χ2n) is 5.98. The van der Waals surface area contributed by atoms with Gasteiger partial charge in [0.2, 0.25) is 23.0 Å². The lowest BCUT2D eigenvalue weighted by Crippen LogP contribution is -2.71. The number of aliphatic hydroxyl groups is 1. The topological polar surface area (TPSA) is 108 Å². The Morgan fingerprint density at radius 1 is 1.17 bits per heavy atom. The molecule has 8 nitrogen and oxygen atoms in total. The molecule has 1 N–H and O–H groups in total. The summed E-state index contributed by atoms with van der Waals surface area (Å²) in [5.74, 6) is -4.06. The van der Waals surface area contributed by atoms with E-state index < -0.39 is 47.6 Å². The number of benzene rings is 1. The minimum absolute atomic E-state index is 0.00840. The van der Waals surface area contributed by atoms with Gasteiger partial charge in [-0.1, -0.05) is 12.1 Å². The molecule has 2 saturated heterocycles. The minimum atomic E-state index is -2.36. The molecule has 0 unspecified atom stereocenters. The first-order valence-corrected chi connectivity index (χ1v) is 7.27. The van der Waals surface area contributed by atoms with Gasteiger partial charge < -0.3 is 24.1 Å². The van der Waals surface area contributed by atoms with Crippen LogP contribution in [0.2, 0.25) is 0 Å². The highest BCUT2D eigenvalue weighted by Crippen LogP contribution is 2.57. The molecule has 4 rings (SSSR count). The Morgan fingerprint density at radius 2 is 1.92 bits per heavy atom. The second-order valence-corrected chi connectivity index (χ2v) is 5.98. The van der Waals surface area contributed by atoms with E-state index in [4.69, 9.17) is 18.9 Å². The molecule has 0 aromatic heterocycles. The van der Waals surface area contributed by atoms with Crippen LogP contribution in [0.5, 0.6) is 5.75 Å². The number of fused-ring (bicyclic) bond motifs is 1. The molecular formula is C16H14O8. The molecular weight excluding hydrogens is 320 g/mol. The fourth-order valence-electron chi connectivity index (χ4n) is 3.90. The molecule has 1 aliphatic carbocycles. The van der Waals surface area contributed by atoms with Crippen LogP contribution < -0.4 is 4.74 Å². The predicted octanol–water partition coefficient (Wildman–Crippen LogP) is -0.136. The lowest BCUT2D eigenvalue weighted by molar-refractivity contribution is -0.231. The summed E-state index contributed by atoms with van der Waals surface area (Å²) in [6.07, 6.45) is -0.407. The number of esters is 1. The van der Waals surface area contributed by atoms with Crippen LogP contribution in [0.15, 0.2) is 18.2 Å². The Kier molecular flexibility index (Phi) is 2.80. The molecule has 2 heterocycles. The van der Waals surface area contributed by atoms with Crippen LogP contribution in [0.25, 0.3) is 0 Å². The predicted molar refractivity (Wildman–Crippen MR) is 75.7 cm³/mol. The standard InChI is InChI=1S/C16H14O8/c1-21-9-5-3-4-8-11(9)13(19)16-14(20,12(8)18)7-23-15(16,22-2)6-10(17)24-16/h3-5,20H,6-7H2,1-2H3/t14-,15+,16+/m1/s1. The Bertz CT molecular complexity index is 801. The van der Waals surface area contributed by atoms with Crippen molar-refractivity contribution in [1.29, 1.82) is 0 Å². The third-order valence-electron chi connectivity index (χ3n) is 5.02. The van der Waals surface area contributed by atoms with Crippen LogP contribution in [0.4, 0.5) is 0 Å². The zero-order valence-electron chi connectivity index (χ0n) is 13.0. The van der Waals surface area contributed by atoms with Gasteiger partial charge in [0, 0.05) is 12.7 Å². The third kappa shape index (κ3) is 1.34. The number of carbonyl (C=O) groups excluding carboxylic acids is 3. The molecule has 1 aromatic rings. The van der Waals surface area contributed by atoms with Crippen molar-refractivity contribution >= 4 is 17.5 Å². The SMILES string of the molecule is COc1cccc2c1C(=O)[C@@]13OC(=O)C[C@]1(OC)OC[C@@]3(O)C2=O. The number of ether oxygens (including phenoxy) is 4. The fraction of sp³-hybridized carbons (Fsp3) is 0.438. The van der Waals surface area contributed by atoms with Crippen LogP contribution in [0.3, 0.4) is 0 Å². The lowest BCUT2D eigenvalue weighted by atomic mass is 9.65. The normalized spacial score (nSPS) is 36.9. The first-order valence-electron chi connectivity index (χ1n) is 7.27. The number of carbonyl (C=O) groups is 3. The molecule has 24 heavy (non-hydrogen) atoms. The van der Waals surface area contributed by atoms with E-state index >= 15 is 0 Å². The van der Waals surface area contributed by atoms with Crippen molar-refractivity contribution in [3.05, 3.63) is 29.3 Å². The number of hydrogen-bond acceptors (Lipinski definition) is 8. The van der Waals surface area contributed by atoms with Crippen molar-refractivity contribution in [3.63, 3.8) is 0 Å². The molecule has 3 aliphatic rings. The Morgan fingerprint density at radius 3 is 2.58 bits per heavy atom. The van der Waals surface area contributed by atoms with Gasteiger partial charge in [-0.15, -0.1) is 0 Å². The van der Waals surface area contributed by atoms with Crippen molar-refractivity contribution in [2.45, 2.75) is 23.4 Å². The number of Topliss-reactive ketones (excluding diaryl/α,β-unsaturated/α-hetero) is 2. The first kappa shape index (κ1) is 15.3. The molecule has 0 radical (unpaired) electrons. The van der Waals surface area contributed by atoms with E-state index in [0.717, 1.165) is 0 Å². The van der Waals surface area contributed by atoms with Crippen molar-refractivity contribution < 1.29 is 38.4 Å². The molecule has 0 amide bonds. The zero-order valence-corrected chi connectivity index (χ0v) is 13.0. The van der Waals surface area contributed by atoms with Crippen molar-refractivity contribution in [2.24, 2.45) is 0 Å². The van der Waals surface area contributed by atoms with Crippen molar-refractivity contribution in [2.75, 3.05) is 20.8 Å². The van der Waals surface area contributed by atoms with Crippen LogP contribution >= 0.6 is 0 Å². The number of rotatable bonds is 2. The van der Waals surface area contributed by atoms with E-state index in [1.54, 1.807) is 0 Å². The van der Waals surface area contributed by atoms with Gasteiger partial charge in [-0.05, 0) is 6.07 Å². The van der Waals surface area contributed by atoms with Gasteiger partial charge in [-0.2, -0.15) is 0 Å². The van der Waals surface area contributed by atoms with Crippen LogP contribution in [0.1, 0.15) is 27.1 Å². The van der Waals surface area contributed by atoms with Gasteiger partial charge in [0.05, 0.1) is 19.3 Å². The molecule has 3 atom stereocenters. The van der Waals surface area contributed by atoms with E-state index in [2.05, 4.69) is 0 Å². The maximum Gasteiger partial charge on any atom is 0.312 e. The summed E-state index contributed by atoms with van der Waals surface area (Å²) in [7, 11) is 2.58. The summed E-state index contributed by atoms with van der Waals surface area (Å²) >= 11 is 0. The highest BCUT2D eigenvalue weighted by molar-refractivity contribution is 6.25. The highest BCUT2D eigenvalue weighted by atomic mass is 16.8. The maximum atomic E-state index is 13.3. The van der Waals surface area contributed by atoms with Crippen LogP contribution in [-0.2, 0) is 19.0 Å². The summed E-state index contributed by atoms with van der Waals surface area (Å²) in [5.41, 5.74) is -4.71. The first-order chi connectivity index (χ1) is 11.4. The number of ketones is 2. The molecule has 0 saturated carbocycles. The molecule has 2 aliphatic heterocycles. The Hall–Kier alpha value is -2.29. The summed E-state index contributed by atoms with van der Waals surface area (Å²) < 4.78 is 21.2. The number of methoxy groups -OCH3 is 2. The maximum absolute atomic E-state index is 13.3. The van der Waals surface area contributed by atoms with Crippen LogP contribution in [-0.4, -0.2) is 60.5 Å². The van der Waals surface area contributed by atoms with Crippen molar-refractivity contribution in [3.8, 4) is 5.75 Å². The van der Waals surface area contributed by atoms with E-state index in [-0.39, 0.29) is 16.9 Å². The van der Waals surface area contributed by atoms with Gasteiger partial charge in [-0.25, -0.2) is 0 Å². The monoisotopic (exact) mass is 334 g/mol. The van der Waals surface area contributed by atoms with Gasteiger partial charge in [0.1, 0.15) is 12.2 Å². The number of hydrogen-bond donors (Lipinski definition) is 1. The van der Waals surface area contributed by atoms with E-state index in [0.29, 0.717) is 0 Å². The highest BCUT2D eigenvalue weighted by Gasteiger charge is 2.84.